The Morgan fingerprint density at radius 1 is 1.10 bits per heavy atom. The minimum atomic E-state index is -5.01. The van der Waals surface area contributed by atoms with Gasteiger partial charge in [-0.05, 0) is 75.9 Å². The van der Waals surface area contributed by atoms with Crippen LogP contribution in [0.4, 0.5) is 32.9 Å². The molecular weight excluding hydrogens is 653 g/mol. The number of nitrogens with two attached hydrogens (primary N) is 1. The summed E-state index contributed by atoms with van der Waals surface area (Å²) >= 11 is 0.768. The van der Waals surface area contributed by atoms with Gasteiger partial charge in [-0.3, -0.25) is 9.69 Å². The van der Waals surface area contributed by atoms with E-state index in [1.807, 2.05) is 4.90 Å². The van der Waals surface area contributed by atoms with Crippen molar-refractivity contribution in [1.82, 2.24) is 24.8 Å². The summed E-state index contributed by atoms with van der Waals surface area (Å²) < 4.78 is 82.6. The Kier molecular flexibility index (Phi) is 7.29. The molecule has 0 atom stereocenters. The van der Waals surface area contributed by atoms with Gasteiger partial charge >= 0.3 is 12.2 Å². The number of aromatic nitrogens is 3. The highest BCUT2D eigenvalue weighted by Gasteiger charge is 2.46. The zero-order chi connectivity index (χ0) is 33.5. The molecule has 4 aliphatic rings. The highest BCUT2D eigenvalue weighted by molar-refractivity contribution is 7.22. The van der Waals surface area contributed by atoms with Crippen LogP contribution in [0.25, 0.3) is 32.2 Å². The van der Waals surface area contributed by atoms with Crippen LogP contribution in [0.2, 0.25) is 0 Å². The molecule has 15 heteroatoms. The molecule has 252 valence electrons. The Morgan fingerprint density at radius 3 is 2.50 bits per heavy atom. The van der Waals surface area contributed by atoms with E-state index in [1.54, 1.807) is 4.90 Å². The molecule has 1 aliphatic carbocycles. The maximum atomic E-state index is 17.0. The molecule has 0 bridgehead atoms. The molecule has 0 spiro atoms. The first kappa shape index (κ1) is 31.2. The number of thiazole rings is 1. The lowest BCUT2D eigenvalue weighted by Gasteiger charge is -2.46. The summed E-state index contributed by atoms with van der Waals surface area (Å²) in [6.07, 6.45) is 1.64. The molecule has 0 radical (unpaired) electrons. The van der Waals surface area contributed by atoms with E-state index in [0.717, 1.165) is 81.2 Å². The van der Waals surface area contributed by atoms with Gasteiger partial charge in [0.1, 0.15) is 23.8 Å². The summed E-state index contributed by atoms with van der Waals surface area (Å²) in [4.78, 5) is 31.3. The zero-order valence-electron chi connectivity index (χ0n) is 25.8. The first-order valence-electron chi connectivity index (χ1n) is 16.0. The second kappa shape index (κ2) is 11.2. The van der Waals surface area contributed by atoms with Gasteiger partial charge in [-0.1, -0.05) is 17.9 Å². The van der Waals surface area contributed by atoms with E-state index in [1.165, 1.54) is 6.08 Å². The fourth-order valence-corrected chi connectivity index (χ4v) is 8.49. The Hall–Kier alpha value is -4.11. The maximum Gasteiger partial charge on any atom is 0.417 e. The molecule has 1 amide bonds. The van der Waals surface area contributed by atoms with Crippen molar-refractivity contribution < 1.29 is 31.5 Å². The fraction of sp³-hybridized carbons (Fsp3) is 0.455. The van der Waals surface area contributed by atoms with E-state index in [2.05, 4.69) is 21.4 Å². The van der Waals surface area contributed by atoms with E-state index in [0.29, 0.717) is 13.1 Å². The average molecular weight is 686 g/mol. The molecule has 4 fully saturated rings. The minimum Gasteiger partial charge on any atom is -0.461 e. The number of benzene rings is 2. The first-order chi connectivity index (χ1) is 23.0. The summed E-state index contributed by atoms with van der Waals surface area (Å²) in [5.41, 5.74) is 2.77. The number of fused-ring (bicyclic) bond motifs is 3. The van der Waals surface area contributed by atoms with E-state index >= 15 is 4.39 Å². The maximum absolute atomic E-state index is 17.0. The number of halogens is 5. The molecule has 4 aromatic rings. The van der Waals surface area contributed by atoms with E-state index in [9.17, 15) is 22.4 Å². The van der Waals surface area contributed by atoms with Crippen LogP contribution in [0.5, 0.6) is 6.01 Å². The molecule has 2 N–H and O–H groups in total. The third-order valence-electron chi connectivity index (χ3n) is 10.2. The predicted octanol–water partition coefficient (Wildman–Crippen LogP) is 6.16. The van der Waals surface area contributed by atoms with Crippen LogP contribution in [-0.2, 0) is 11.0 Å². The summed E-state index contributed by atoms with van der Waals surface area (Å²) in [6.45, 7) is 6.34. The van der Waals surface area contributed by atoms with Crippen molar-refractivity contribution in [2.45, 2.75) is 62.3 Å². The van der Waals surface area contributed by atoms with Crippen molar-refractivity contribution in [2.75, 3.05) is 43.4 Å². The van der Waals surface area contributed by atoms with Gasteiger partial charge in [0.25, 0.3) is 0 Å². The van der Waals surface area contributed by atoms with E-state index in [4.69, 9.17) is 15.5 Å². The van der Waals surface area contributed by atoms with Crippen molar-refractivity contribution in [3.05, 3.63) is 48.1 Å². The Morgan fingerprint density at radius 2 is 1.83 bits per heavy atom. The lowest BCUT2D eigenvalue weighted by Crippen LogP contribution is -2.61. The number of nitrogen functional groups attached to an aromatic ring is 1. The molecule has 2 aromatic carbocycles. The fourth-order valence-electron chi connectivity index (χ4n) is 7.73. The number of ether oxygens (including phenoxy) is 1. The van der Waals surface area contributed by atoms with E-state index < -0.39 is 28.9 Å². The van der Waals surface area contributed by atoms with Crippen molar-refractivity contribution in [3.63, 3.8) is 0 Å². The van der Waals surface area contributed by atoms with Crippen LogP contribution >= 0.6 is 11.3 Å². The van der Waals surface area contributed by atoms with Gasteiger partial charge in [0, 0.05) is 35.6 Å². The van der Waals surface area contributed by atoms with Gasteiger partial charge in [0.15, 0.2) is 10.9 Å². The molecule has 1 saturated carbocycles. The van der Waals surface area contributed by atoms with Crippen LogP contribution in [0.15, 0.2) is 30.9 Å². The number of amides is 1. The topological polar surface area (TPSA) is 101 Å². The van der Waals surface area contributed by atoms with E-state index in [-0.39, 0.29) is 73.8 Å². The first-order valence-corrected chi connectivity index (χ1v) is 16.8. The number of carbonyl (C=O) groups excluding carboxylic acids is 1. The predicted molar refractivity (Wildman–Crippen MR) is 172 cm³/mol. The quantitative estimate of drug-likeness (QED) is 0.174. The van der Waals surface area contributed by atoms with Gasteiger partial charge in [-0.2, -0.15) is 23.1 Å². The Balaban J connectivity index is 1.32. The average Bonchev–Trinajstić information content (AvgIpc) is 3.46. The molecule has 2 aromatic heterocycles. The van der Waals surface area contributed by atoms with Crippen LogP contribution in [0.1, 0.15) is 44.1 Å². The molecule has 3 aliphatic heterocycles. The van der Waals surface area contributed by atoms with Crippen molar-refractivity contribution >= 4 is 49.3 Å². The normalized spacial score (nSPS) is 19.6. The lowest BCUT2D eigenvalue weighted by atomic mass is 9.94. The van der Waals surface area contributed by atoms with Crippen LogP contribution < -0.4 is 15.4 Å². The molecule has 9 nitrogen and oxygen atoms in total. The summed E-state index contributed by atoms with van der Waals surface area (Å²) in [5.74, 6) is -2.10. The molecule has 5 heterocycles. The Bertz CT molecular complexity index is 1960. The number of nitrogens with zero attached hydrogens (tertiary/aromatic N) is 6. The summed E-state index contributed by atoms with van der Waals surface area (Å²) in [5, 5.41) is -0.197. The third-order valence-corrected chi connectivity index (χ3v) is 11.1. The second-order valence-corrected chi connectivity index (χ2v) is 14.1. The minimum absolute atomic E-state index is 0.0625. The molecule has 8 rings (SSSR count). The van der Waals surface area contributed by atoms with Gasteiger partial charge < -0.3 is 20.3 Å². The smallest absolute Gasteiger partial charge is 0.417 e. The van der Waals surface area contributed by atoms with Gasteiger partial charge in [-0.15, -0.1) is 0 Å². The van der Waals surface area contributed by atoms with Crippen molar-refractivity contribution in [1.29, 1.82) is 0 Å². The number of hydrogen-bond donors (Lipinski definition) is 1. The number of anilines is 2. The summed E-state index contributed by atoms with van der Waals surface area (Å²) in [6, 6.07) is 2.47. The van der Waals surface area contributed by atoms with Crippen LogP contribution in [0.3, 0.4) is 0 Å². The number of carbonyl (C=O) groups is 1. The SMILES string of the molecule is C=CC(=O)N1CC(N(c2nc(OCC34CCCN3CCC4)nc3c(F)c(-c4ccc(F)c5sc(N)nc45)c(C(F)(F)F)cc23)C2CC2)C1. The highest BCUT2D eigenvalue weighted by Crippen LogP contribution is 2.48. The van der Waals surface area contributed by atoms with Gasteiger partial charge in [-0.25, -0.2) is 13.8 Å². The van der Waals surface area contributed by atoms with Crippen LogP contribution in [-0.4, -0.2) is 81.1 Å². The van der Waals surface area contributed by atoms with Crippen molar-refractivity contribution in [2.24, 2.45) is 0 Å². The standard InChI is InChI=1S/C33H32F5N7O2S/c1-2-23(46)43-14-18(15-43)45(17-5-6-17)29-20-13-21(33(36,37)38)24(19-7-8-22(34)28-27(19)40-30(39)48-28)25(35)26(20)41-31(42-29)47-16-32-9-3-11-44(32)12-4-10-32/h2,7-8,13,17-18H,1,3-6,9-12,14-16H2,(H2,39,40). The monoisotopic (exact) mass is 685 g/mol. The number of alkyl halides is 3. The van der Waals surface area contributed by atoms with Gasteiger partial charge in [0.2, 0.25) is 5.91 Å². The highest BCUT2D eigenvalue weighted by atomic mass is 32.1. The molecule has 3 saturated heterocycles. The largest absolute Gasteiger partial charge is 0.461 e. The Labute approximate surface area is 276 Å². The second-order valence-electron chi connectivity index (χ2n) is 13.1. The number of rotatable bonds is 8. The lowest BCUT2D eigenvalue weighted by molar-refractivity contribution is -0.137. The zero-order valence-corrected chi connectivity index (χ0v) is 26.6. The molecular formula is C33H32F5N7O2S. The van der Waals surface area contributed by atoms with Crippen LogP contribution in [0, 0.1) is 11.6 Å². The summed E-state index contributed by atoms with van der Waals surface area (Å²) in [7, 11) is 0. The van der Waals surface area contributed by atoms with Gasteiger partial charge in [0.05, 0.1) is 27.4 Å². The third kappa shape index (κ3) is 5.04. The number of hydrogen-bond acceptors (Lipinski definition) is 9. The number of likely N-dealkylation sites (tertiary alicyclic amines) is 1. The molecule has 0 unspecified atom stereocenters. The van der Waals surface area contributed by atoms with Crippen molar-refractivity contribution in [3.8, 4) is 17.1 Å². The molecule has 48 heavy (non-hydrogen) atoms.